The van der Waals surface area contributed by atoms with E-state index >= 15 is 0 Å². The van der Waals surface area contributed by atoms with Gasteiger partial charge in [-0.05, 0) is 50.1 Å². The van der Waals surface area contributed by atoms with Crippen LogP contribution in [-0.2, 0) is 16.1 Å². The molecule has 7 heteroatoms. The van der Waals surface area contributed by atoms with Crippen molar-refractivity contribution in [3.05, 3.63) is 82.7 Å². The molecule has 0 saturated heterocycles. The van der Waals surface area contributed by atoms with Gasteiger partial charge in [-0.2, -0.15) is 0 Å². The van der Waals surface area contributed by atoms with Crippen molar-refractivity contribution >= 4 is 38.6 Å². The minimum atomic E-state index is -0.512. The normalized spacial score (nSPS) is 10.9. The molecular formula is C24H23N3O3S. The highest BCUT2D eigenvalue weighted by molar-refractivity contribution is 7.22. The highest BCUT2D eigenvalue weighted by Crippen LogP contribution is 2.26. The number of hydrogen-bond acceptors (Lipinski definition) is 5. The molecule has 0 saturated carbocycles. The van der Waals surface area contributed by atoms with Crippen LogP contribution in [0.4, 0.5) is 5.13 Å². The van der Waals surface area contributed by atoms with Gasteiger partial charge in [0.2, 0.25) is 0 Å². The second-order valence-corrected chi connectivity index (χ2v) is 8.50. The first kappa shape index (κ1) is 20.8. The number of fused-ring (bicyclic) bond motifs is 1. The van der Waals surface area contributed by atoms with Crippen LogP contribution in [0.2, 0.25) is 0 Å². The zero-order valence-electron chi connectivity index (χ0n) is 17.6. The average molecular weight is 434 g/mol. The summed E-state index contributed by atoms with van der Waals surface area (Å²) in [7, 11) is 0. The van der Waals surface area contributed by atoms with E-state index in [4.69, 9.17) is 4.74 Å². The minimum Gasteiger partial charge on any atom is -0.452 e. The molecule has 4 rings (SSSR count). The van der Waals surface area contributed by atoms with Crippen molar-refractivity contribution < 1.29 is 14.3 Å². The van der Waals surface area contributed by atoms with E-state index in [0.29, 0.717) is 17.2 Å². The van der Waals surface area contributed by atoms with E-state index in [1.807, 2.05) is 69.3 Å². The molecule has 0 aliphatic carbocycles. The number of esters is 1. The summed E-state index contributed by atoms with van der Waals surface area (Å²) in [5.74, 6) is -0.926. The summed E-state index contributed by atoms with van der Waals surface area (Å²) in [5.41, 5.74) is 5.35. The Morgan fingerprint density at radius 2 is 1.84 bits per heavy atom. The lowest BCUT2D eigenvalue weighted by molar-refractivity contribution is -0.119. The van der Waals surface area contributed by atoms with Gasteiger partial charge in [-0.25, -0.2) is 9.78 Å². The van der Waals surface area contributed by atoms with E-state index in [-0.39, 0.29) is 6.61 Å². The maximum absolute atomic E-state index is 12.6. The number of benzene rings is 2. The number of nitrogens with one attached hydrogen (secondary N) is 1. The fraction of sp³-hybridized carbons (Fsp3) is 0.208. The Bertz CT molecular complexity index is 1260. The molecule has 158 valence electrons. The quantitative estimate of drug-likeness (QED) is 0.441. The Kier molecular flexibility index (Phi) is 5.86. The van der Waals surface area contributed by atoms with E-state index in [1.165, 1.54) is 11.3 Å². The van der Waals surface area contributed by atoms with Crippen molar-refractivity contribution in [3.8, 4) is 0 Å². The molecule has 0 radical (unpaired) electrons. The molecule has 0 spiro atoms. The van der Waals surface area contributed by atoms with Gasteiger partial charge in [-0.1, -0.05) is 47.7 Å². The van der Waals surface area contributed by atoms with E-state index in [0.717, 1.165) is 32.7 Å². The Morgan fingerprint density at radius 1 is 1.06 bits per heavy atom. The molecule has 4 aromatic rings. The molecule has 0 atom stereocenters. The topological polar surface area (TPSA) is 73.2 Å². The molecule has 2 aromatic carbocycles. The van der Waals surface area contributed by atoms with Gasteiger partial charge in [-0.3, -0.25) is 10.1 Å². The number of aryl methyl sites for hydroxylation is 2. The fourth-order valence-corrected chi connectivity index (χ4v) is 4.45. The zero-order chi connectivity index (χ0) is 22.0. The molecule has 1 amide bonds. The standard InChI is InChI=1S/C24H23N3O3S/c1-15-9-10-20-21(11-15)31-24(25-20)26-22(28)14-30-23(29)19-12-16(2)27(17(19)3)13-18-7-5-4-6-8-18/h4-12H,13-14H2,1-3H3,(H,25,26,28). The third kappa shape index (κ3) is 4.67. The van der Waals surface area contributed by atoms with Crippen LogP contribution in [0.1, 0.15) is 32.9 Å². The van der Waals surface area contributed by atoms with Gasteiger partial charge in [0, 0.05) is 17.9 Å². The van der Waals surface area contributed by atoms with E-state index < -0.39 is 11.9 Å². The van der Waals surface area contributed by atoms with Crippen molar-refractivity contribution in [2.45, 2.75) is 27.3 Å². The number of anilines is 1. The summed E-state index contributed by atoms with van der Waals surface area (Å²) >= 11 is 1.39. The third-order valence-electron chi connectivity index (χ3n) is 5.10. The summed E-state index contributed by atoms with van der Waals surface area (Å²) in [6.07, 6.45) is 0. The first-order valence-corrected chi connectivity index (χ1v) is 10.8. The van der Waals surface area contributed by atoms with E-state index in [9.17, 15) is 9.59 Å². The van der Waals surface area contributed by atoms with E-state index in [2.05, 4.69) is 14.9 Å². The number of aromatic nitrogens is 2. The highest BCUT2D eigenvalue weighted by atomic mass is 32.1. The van der Waals surface area contributed by atoms with Crippen LogP contribution in [-0.4, -0.2) is 28.0 Å². The molecule has 2 aromatic heterocycles. The lowest BCUT2D eigenvalue weighted by Crippen LogP contribution is -2.21. The predicted octanol–water partition coefficient (Wildman–Crippen LogP) is 4.87. The number of carbonyl (C=O) groups excluding carboxylic acids is 2. The molecule has 6 nitrogen and oxygen atoms in total. The van der Waals surface area contributed by atoms with Gasteiger partial charge in [0.1, 0.15) is 0 Å². The number of ether oxygens (including phenoxy) is 1. The molecule has 0 aliphatic rings. The Labute approximate surface area is 184 Å². The molecule has 0 fully saturated rings. The Morgan fingerprint density at radius 3 is 2.61 bits per heavy atom. The van der Waals surface area contributed by atoms with E-state index in [1.54, 1.807) is 6.07 Å². The van der Waals surface area contributed by atoms with Crippen LogP contribution in [0.3, 0.4) is 0 Å². The van der Waals surface area contributed by atoms with Gasteiger partial charge in [-0.15, -0.1) is 0 Å². The number of rotatable bonds is 6. The van der Waals surface area contributed by atoms with Crippen molar-refractivity contribution in [2.75, 3.05) is 11.9 Å². The Hall–Kier alpha value is -3.45. The molecule has 2 heterocycles. The van der Waals surface area contributed by atoms with Crippen LogP contribution in [0.15, 0.2) is 54.6 Å². The molecule has 0 bridgehead atoms. The Balaban J connectivity index is 1.39. The molecule has 31 heavy (non-hydrogen) atoms. The van der Waals surface area contributed by atoms with Crippen LogP contribution in [0, 0.1) is 20.8 Å². The van der Waals surface area contributed by atoms with Gasteiger partial charge in [0.15, 0.2) is 11.7 Å². The minimum absolute atomic E-state index is 0.365. The van der Waals surface area contributed by atoms with Gasteiger partial charge >= 0.3 is 5.97 Å². The summed E-state index contributed by atoms with van der Waals surface area (Å²) in [5, 5.41) is 3.20. The number of thiazole rings is 1. The average Bonchev–Trinajstić information content (AvgIpc) is 3.27. The largest absolute Gasteiger partial charge is 0.452 e. The number of nitrogens with zero attached hydrogens (tertiary/aromatic N) is 2. The predicted molar refractivity (Wildman–Crippen MR) is 123 cm³/mol. The van der Waals surface area contributed by atoms with Crippen LogP contribution in [0.25, 0.3) is 10.2 Å². The fourth-order valence-electron chi connectivity index (χ4n) is 3.47. The number of carbonyl (C=O) groups is 2. The molecule has 0 unspecified atom stereocenters. The summed E-state index contributed by atoms with van der Waals surface area (Å²) in [6.45, 7) is 6.15. The monoisotopic (exact) mass is 433 g/mol. The van der Waals surface area contributed by atoms with Crippen molar-refractivity contribution in [1.29, 1.82) is 0 Å². The smallest absolute Gasteiger partial charge is 0.340 e. The SMILES string of the molecule is Cc1ccc2nc(NC(=O)COC(=O)c3cc(C)n(Cc4ccccc4)c3C)sc2c1. The maximum Gasteiger partial charge on any atom is 0.340 e. The second kappa shape index (κ2) is 8.73. The molecular weight excluding hydrogens is 410 g/mol. The second-order valence-electron chi connectivity index (χ2n) is 7.47. The first-order valence-electron chi connectivity index (χ1n) is 9.95. The van der Waals surface area contributed by atoms with Gasteiger partial charge in [0.25, 0.3) is 5.91 Å². The zero-order valence-corrected chi connectivity index (χ0v) is 18.5. The van der Waals surface area contributed by atoms with Gasteiger partial charge in [0.05, 0.1) is 15.8 Å². The van der Waals surface area contributed by atoms with Crippen molar-refractivity contribution in [1.82, 2.24) is 9.55 Å². The van der Waals surface area contributed by atoms with Crippen molar-refractivity contribution in [3.63, 3.8) is 0 Å². The highest BCUT2D eigenvalue weighted by Gasteiger charge is 2.18. The maximum atomic E-state index is 12.6. The van der Waals surface area contributed by atoms with Crippen LogP contribution < -0.4 is 5.32 Å². The van der Waals surface area contributed by atoms with Crippen molar-refractivity contribution in [2.24, 2.45) is 0 Å². The first-order chi connectivity index (χ1) is 14.9. The lowest BCUT2D eigenvalue weighted by atomic mass is 10.2. The summed E-state index contributed by atoms with van der Waals surface area (Å²) < 4.78 is 8.33. The number of amides is 1. The summed E-state index contributed by atoms with van der Waals surface area (Å²) in [4.78, 5) is 29.2. The third-order valence-corrected chi connectivity index (χ3v) is 6.04. The van der Waals surface area contributed by atoms with Crippen LogP contribution in [0.5, 0.6) is 0 Å². The summed E-state index contributed by atoms with van der Waals surface area (Å²) in [6, 6.07) is 17.8. The van der Waals surface area contributed by atoms with Gasteiger partial charge < -0.3 is 9.30 Å². The lowest BCUT2D eigenvalue weighted by Gasteiger charge is -2.10. The molecule has 0 aliphatic heterocycles. The van der Waals surface area contributed by atoms with Crippen LogP contribution >= 0.6 is 11.3 Å². The number of hydrogen-bond donors (Lipinski definition) is 1. The molecule has 1 N–H and O–H groups in total.